The van der Waals surface area contributed by atoms with Gasteiger partial charge in [0.2, 0.25) is 0 Å². The molecule has 1 atom stereocenters. The van der Waals surface area contributed by atoms with Crippen molar-refractivity contribution in [3.8, 4) is 5.75 Å². The van der Waals surface area contributed by atoms with E-state index in [9.17, 15) is 0 Å². The van der Waals surface area contributed by atoms with Gasteiger partial charge in [-0.1, -0.05) is 12.1 Å². The zero-order valence-electron chi connectivity index (χ0n) is 12.1. The minimum absolute atomic E-state index is 0.503. The highest BCUT2D eigenvalue weighted by Crippen LogP contribution is 2.21. The van der Waals surface area contributed by atoms with Gasteiger partial charge in [-0.2, -0.15) is 0 Å². The Kier molecular flexibility index (Phi) is 5.56. The standard InChI is InChI=1S/C16H22N2OS/c1-12-16(20-11-18-12)7-6-14(10-17)8-13-4-3-5-15(9-13)19-2/h3-5,9,11,14H,6-8,10,17H2,1-2H3. The number of methoxy groups -OCH3 is 1. The summed E-state index contributed by atoms with van der Waals surface area (Å²) in [6.07, 6.45) is 3.19. The molecule has 0 saturated carbocycles. The van der Waals surface area contributed by atoms with E-state index in [1.54, 1.807) is 18.4 Å². The number of ether oxygens (including phenoxy) is 1. The first-order chi connectivity index (χ1) is 9.72. The summed E-state index contributed by atoms with van der Waals surface area (Å²) < 4.78 is 5.27. The highest BCUT2D eigenvalue weighted by atomic mass is 32.1. The Balaban J connectivity index is 1.93. The van der Waals surface area contributed by atoms with Crippen LogP contribution in [0.2, 0.25) is 0 Å². The summed E-state index contributed by atoms with van der Waals surface area (Å²) in [6, 6.07) is 8.25. The van der Waals surface area contributed by atoms with Crippen LogP contribution >= 0.6 is 11.3 Å². The molecular weight excluding hydrogens is 268 g/mol. The van der Waals surface area contributed by atoms with E-state index >= 15 is 0 Å². The Morgan fingerprint density at radius 1 is 1.40 bits per heavy atom. The van der Waals surface area contributed by atoms with Gasteiger partial charge < -0.3 is 10.5 Å². The molecule has 0 amide bonds. The third-order valence-corrected chi connectivity index (χ3v) is 4.61. The van der Waals surface area contributed by atoms with Crippen LogP contribution < -0.4 is 10.5 Å². The molecule has 2 rings (SSSR count). The zero-order valence-corrected chi connectivity index (χ0v) is 13.0. The van der Waals surface area contributed by atoms with E-state index in [-0.39, 0.29) is 0 Å². The number of hydrogen-bond donors (Lipinski definition) is 1. The molecule has 20 heavy (non-hydrogen) atoms. The topological polar surface area (TPSA) is 48.1 Å². The van der Waals surface area contributed by atoms with Crippen LogP contribution in [0.15, 0.2) is 29.8 Å². The smallest absolute Gasteiger partial charge is 0.119 e. The van der Waals surface area contributed by atoms with Crippen molar-refractivity contribution in [2.24, 2.45) is 11.7 Å². The van der Waals surface area contributed by atoms with Gasteiger partial charge in [-0.3, -0.25) is 0 Å². The summed E-state index contributed by atoms with van der Waals surface area (Å²) in [7, 11) is 1.70. The summed E-state index contributed by atoms with van der Waals surface area (Å²) in [5.74, 6) is 1.42. The van der Waals surface area contributed by atoms with Gasteiger partial charge in [-0.25, -0.2) is 4.98 Å². The van der Waals surface area contributed by atoms with E-state index in [4.69, 9.17) is 10.5 Å². The summed E-state index contributed by atoms with van der Waals surface area (Å²) >= 11 is 1.74. The van der Waals surface area contributed by atoms with Crippen LogP contribution in [0.5, 0.6) is 5.75 Å². The summed E-state index contributed by atoms with van der Waals surface area (Å²) in [4.78, 5) is 5.68. The predicted octanol–water partition coefficient (Wildman–Crippen LogP) is 3.21. The highest BCUT2D eigenvalue weighted by Gasteiger charge is 2.11. The molecule has 1 heterocycles. The number of benzene rings is 1. The molecule has 0 aliphatic carbocycles. The van der Waals surface area contributed by atoms with Crippen molar-refractivity contribution < 1.29 is 4.74 Å². The van der Waals surface area contributed by atoms with Crippen LogP contribution in [-0.4, -0.2) is 18.6 Å². The monoisotopic (exact) mass is 290 g/mol. The van der Waals surface area contributed by atoms with E-state index in [0.717, 1.165) is 37.3 Å². The third-order valence-electron chi connectivity index (χ3n) is 3.62. The number of nitrogens with zero attached hydrogens (tertiary/aromatic N) is 1. The number of rotatable bonds is 7. The van der Waals surface area contributed by atoms with Crippen molar-refractivity contribution in [1.29, 1.82) is 0 Å². The second kappa shape index (κ2) is 7.41. The molecule has 0 radical (unpaired) electrons. The van der Waals surface area contributed by atoms with Gasteiger partial charge >= 0.3 is 0 Å². The number of aromatic nitrogens is 1. The Bertz CT molecular complexity index is 539. The van der Waals surface area contributed by atoms with Gasteiger partial charge in [0.25, 0.3) is 0 Å². The molecule has 1 aromatic heterocycles. The van der Waals surface area contributed by atoms with Gasteiger partial charge in [-0.05, 0) is 56.3 Å². The quantitative estimate of drug-likeness (QED) is 0.852. The Hall–Kier alpha value is -1.39. The molecule has 0 bridgehead atoms. The fraction of sp³-hybridized carbons (Fsp3) is 0.438. The average molecular weight is 290 g/mol. The molecule has 2 N–H and O–H groups in total. The largest absolute Gasteiger partial charge is 0.497 e. The molecule has 0 saturated heterocycles. The molecular formula is C16H22N2OS. The molecule has 0 spiro atoms. The number of aryl methyl sites for hydroxylation is 2. The summed E-state index contributed by atoms with van der Waals surface area (Å²) in [6.45, 7) is 2.79. The van der Waals surface area contributed by atoms with Crippen LogP contribution in [0.1, 0.15) is 22.6 Å². The van der Waals surface area contributed by atoms with Gasteiger partial charge in [0.1, 0.15) is 5.75 Å². The van der Waals surface area contributed by atoms with E-state index in [0.29, 0.717) is 5.92 Å². The van der Waals surface area contributed by atoms with Gasteiger partial charge in [0, 0.05) is 4.88 Å². The minimum Gasteiger partial charge on any atom is -0.497 e. The SMILES string of the molecule is COc1cccc(CC(CN)CCc2scnc2C)c1. The van der Waals surface area contributed by atoms with Crippen LogP contribution in [0.3, 0.4) is 0 Å². The first-order valence-electron chi connectivity index (χ1n) is 6.95. The second-order valence-electron chi connectivity index (χ2n) is 5.06. The summed E-state index contributed by atoms with van der Waals surface area (Å²) in [5, 5.41) is 0. The van der Waals surface area contributed by atoms with Crippen molar-refractivity contribution in [2.75, 3.05) is 13.7 Å². The van der Waals surface area contributed by atoms with Gasteiger partial charge in [0.05, 0.1) is 18.3 Å². The van der Waals surface area contributed by atoms with E-state index in [1.165, 1.54) is 10.4 Å². The maximum absolute atomic E-state index is 5.93. The van der Waals surface area contributed by atoms with Crippen molar-refractivity contribution in [2.45, 2.75) is 26.2 Å². The van der Waals surface area contributed by atoms with Crippen molar-refractivity contribution >= 4 is 11.3 Å². The van der Waals surface area contributed by atoms with Crippen molar-refractivity contribution in [1.82, 2.24) is 4.98 Å². The molecule has 2 aromatic rings. The maximum Gasteiger partial charge on any atom is 0.119 e. The molecule has 3 nitrogen and oxygen atoms in total. The Morgan fingerprint density at radius 2 is 2.25 bits per heavy atom. The molecule has 0 fully saturated rings. The van der Waals surface area contributed by atoms with Gasteiger partial charge in [-0.15, -0.1) is 11.3 Å². The molecule has 108 valence electrons. The predicted molar refractivity (Wildman–Crippen MR) is 84.4 cm³/mol. The lowest BCUT2D eigenvalue weighted by Crippen LogP contribution is -2.17. The average Bonchev–Trinajstić information content (AvgIpc) is 2.89. The minimum atomic E-state index is 0.503. The van der Waals surface area contributed by atoms with Crippen LogP contribution in [0.4, 0.5) is 0 Å². The fourth-order valence-corrected chi connectivity index (χ4v) is 3.13. The Morgan fingerprint density at radius 3 is 2.90 bits per heavy atom. The lowest BCUT2D eigenvalue weighted by atomic mass is 9.94. The molecule has 4 heteroatoms. The van der Waals surface area contributed by atoms with E-state index in [2.05, 4.69) is 24.0 Å². The Labute approximate surface area is 124 Å². The molecule has 0 aliphatic rings. The third kappa shape index (κ3) is 4.05. The number of thiazole rings is 1. The molecule has 0 aliphatic heterocycles. The van der Waals surface area contributed by atoms with E-state index in [1.807, 2.05) is 17.6 Å². The van der Waals surface area contributed by atoms with Crippen molar-refractivity contribution in [3.63, 3.8) is 0 Å². The number of nitrogens with two attached hydrogens (primary N) is 1. The first-order valence-corrected chi connectivity index (χ1v) is 7.83. The van der Waals surface area contributed by atoms with Gasteiger partial charge in [0.15, 0.2) is 0 Å². The first kappa shape index (κ1) is 15.0. The lowest BCUT2D eigenvalue weighted by Gasteiger charge is -2.15. The zero-order chi connectivity index (χ0) is 14.4. The fourth-order valence-electron chi connectivity index (χ4n) is 2.34. The van der Waals surface area contributed by atoms with Crippen LogP contribution in [0.25, 0.3) is 0 Å². The van der Waals surface area contributed by atoms with Crippen LogP contribution in [0, 0.1) is 12.8 Å². The normalized spacial score (nSPS) is 12.3. The molecule has 1 aromatic carbocycles. The highest BCUT2D eigenvalue weighted by molar-refractivity contribution is 7.09. The lowest BCUT2D eigenvalue weighted by molar-refractivity contribution is 0.413. The summed E-state index contributed by atoms with van der Waals surface area (Å²) in [5.41, 5.74) is 10.3. The number of hydrogen-bond acceptors (Lipinski definition) is 4. The van der Waals surface area contributed by atoms with Crippen molar-refractivity contribution in [3.05, 3.63) is 45.9 Å². The maximum atomic E-state index is 5.93. The van der Waals surface area contributed by atoms with E-state index < -0.39 is 0 Å². The second-order valence-corrected chi connectivity index (χ2v) is 6.00. The molecule has 1 unspecified atom stereocenters. The van der Waals surface area contributed by atoms with Crippen LogP contribution in [-0.2, 0) is 12.8 Å².